The highest BCUT2D eigenvalue weighted by Gasteiger charge is 2.31. The van der Waals surface area contributed by atoms with E-state index in [1.165, 1.54) is 0 Å². The van der Waals surface area contributed by atoms with Crippen molar-refractivity contribution in [1.29, 1.82) is 0 Å². The van der Waals surface area contributed by atoms with Gasteiger partial charge in [0.05, 0.1) is 18.2 Å². The summed E-state index contributed by atoms with van der Waals surface area (Å²) >= 11 is 0. The number of aliphatic hydroxyl groups is 2. The van der Waals surface area contributed by atoms with Crippen molar-refractivity contribution >= 4 is 5.91 Å². The molecule has 0 aromatic heterocycles. The molecule has 116 valence electrons. The molecule has 1 saturated carbocycles. The molecule has 0 heterocycles. The summed E-state index contributed by atoms with van der Waals surface area (Å²) in [6, 6.07) is 5.41. The maximum absolute atomic E-state index is 11.9. The number of amides is 1. The summed E-state index contributed by atoms with van der Waals surface area (Å²) in [5.41, 5.74) is 1.96. The van der Waals surface area contributed by atoms with Gasteiger partial charge in [-0.2, -0.15) is 0 Å². The standard InChI is InChI=1S/C16H23NO4/c1-10-5-3-6-11(2)16(10)21-9-14(19)17-12-7-4-8-13(18)15(12)20/h3,5-6,12-13,15,18,20H,4,7-9H2,1-2H3,(H,17,19)/t12-,13-,15-/m1/s1. The molecule has 1 aromatic carbocycles. The van der Waals surface area contributed by atoms with Crippen LogP contribution in [0.4, 0.5) is 0 Å². The zero-order chi connectivity index (χ0) is 15.4. The summed E-state index contributed by atoms with van der Waals surface area (Å²) in [6.07, 6.45) is 0.382. The van der Waals surface area contributed by atoms with E-state index in [0.29, 0.717) is 12.8 Å². The lowest BCUT2D eigenvalue weighted by Crippen LogP contribution is -2.51. The fourth-order valence-corrected chi connectivity index (χ4v) is 2.73. The van der Waals surface area contributed by atoms with Crippen LogP contribution in [-0.2, 0) is 4.79 Å². The van der Waals surface area contributed by atoms with Gasteiger partial charge in [0.15, 0.2) is 6.61 Å². The maximum atomic E-state index is 11.9. The molecule has 1 aliphatic rings. The molecule has 0 aliphatic heterocycles. The molecule has 0 unspecified atom stereocenters. The number of rotatable bonds is 4. The Kier molecular flexibility index (Phi) is 5.20. The highest BCUT2D eigenvalue weighted by atomic mass is 16.5. The van der Waals surface area contributed by atoms with Crippen LogP contribution in [0, 0.1) is 13.8 Å². The molecule has 0 radical (unpaired) electrons. The highest BCUT2D eigenvalue weighted by molar-refractivity contribution is 5.78. The second-order valence-electron chi connectivity index (χ2n) is 5.67. The Labute approximate surface area is 124 Å². The Bertz CT molecular complexity index is 483. The third-order valence-electron chi connectivity index (χ3n) is 3.92. The van der Waals surface area contributed by atoms with E-state index in [0.717, 1.165) is 23.3 Å². The number of benzene rings is 1. The van der Waals surface area contributed by atoms with Gasteiger partial charge >= 0.3 is 0 Å². The van der Waals surface area contributed by atoms with E-state index in [1.54, 1.807) is 0 Å². The third kappa shape index (κ3) is 3.95. The fraction of sp³-hybridized carbons (Fsp3) is 0.562. The van der Waals surface area contributed by atoms with Crippen molar-refractivity contribution in [3.05, 3.63) is 29.3 Å². The van der Waals surface area contributed by atoms with E-state index in [9.17, 15) is 15.0 Å². The third-order valence-corrected chi connectivity index (χ3v) is 3.92. The van der Waals surface area contributed by atoms with Gasteiger partial charge in [0.25, 0.3) is 5.91 Å². The van der Waals surface area contributed by atoms with Gasteiger partial charge in [-0.3, -0.25) is 4.79 Å². The van der Waals surface area contributed by atoms with Gasteiger partial charge in [-0.25, -0.2) is 0 Å². The average molecular weight is 293 g/mol. The van der Waals surface area contributed by atoms with Crippen molar-refractivity contribution in [3.63, 3.8) is 0 Å². The van der Waals surface area contributed by atoms with Crippen LogP contribution in [0.2, 0.25) is 0 Å². The molecule has 1 aromatic rings. The highest BCUT2D eigenvalue weighted by Crippen LogP contribution is 2.22. The number of aliphatic hydroxyl groups excluding tert-OH is 2. The van der Waals surface area contributed by atoms with Gasteiger partial charge in [-0.1, -0.05) is 18.2 Å². The van der Waals surface area contributed by atoms with E-state index in [4.69, 9.17) is 4.74 Å². The summed E-state index contributed by atoms with van der Waals surface area (Å²) in [5, 5.41) is 22.2. The van der Waals surface area contributed by atoms with Gasteiger partial charge in [0.1, 0.15) is 5.75 Å². The van der Waals surface area contributed by atoms with Crippen molar-refractivity contribution < 1.29 is 19.7 Å². The molecule has 5 heteroatoms. The summed E-state index contributed by atoms with van der Waals surface area (Å²) in [7, 11) is 0. The molecule has 21 heavy (non-hydrogen) atoms. The number of aryl methyl sites for hydroxylation is 2. The summed E-state index contributed by atoms with van der Waals surface area (Å²) in [5.74, 6) is 0.438. The van der Waals surface area contributed by atoms with Crippen molar-refractivity contribution in [2.24, 2.45) is 0 Å². The van der Waals surface area contributed by atoms with Crippen molar-refractivity contribution in [2.75, 3.05) is 6.61 Å². The van der Waals surface area contributed by atoms with E-state index in [2.05, 4.69) is 5.32 Å². The largest absolute Gasteiger partial charge is 0.483 e. The van der Waals surface area contributed by atoms with E-state index in [-0.39, 0.29) is 12.5 Å². The Morgan fingerprint density at radius 3 is 2.62 bits per heavy atom. The molecule has 1 aliphatic carbocycles. The number of ether oxygens (including phenoxy) is 1. The van der Waals surface area contributed by atoms with Crippen LogP contribution in [0.5, 0.6) is 5.75 Å². The lowest BCUT2D eigenvalue weighted by atomic mass is 9.90. The Hall–Kier alpha value is -1.59. The first-order valence-corrected chi connectivity index (χ1v) is 7.33. The predicted octanol–water partition coefficient (Wildman–Crippen LogP) is 1.07. The summed E-state index contributed by atoms with van der Waals surface area (Å²) in [6.45, 7) is 3.77. The van der Waals surface area contributed by atoms with E-state index in [1.807, 2.05) is 32.0 Å². The van der Waals surface area contributed by atoms with Crippen LogP contribution in [0.15, 0.2) is 18.2 Å². The Balaban J connectivity index is 1.88. The second kappa shape index (κ2) is 6.91. The molecule has 2 rings (SSSR count). The monoisotopic (exact) mass is 293 g/mol. The van der Waals surface area contributed by atoms with Crippen molar-refractivity contribution in [2.45, 2.75) is 51.4 Å². The lowest BCUT2D eigenvalue weighted by Gasteiger charge is -2.32. The van der Waals surface area contributed by atoms with Crippen LogP contribution in [0.3, 0.4) is 0 Å². The SMILES string of the molecule is Cc1cccc(C)c1OCC(=O)N[C@@H]1CCC[C@@H](O)[C@@H]1O. The molecule has 0 spiro atoms. The number of carbonyl (C=O) groups excluding carboxylic acids is 1. The molecule has 0 bridgehead atoms. The quantitative estimate of drug-likeness (QED) is 0.776. The molecule has 5 nitrogen and oxygen atoms in total. The molecular formula is C16H23NO4. The topological polar surface area (TPSA) is 78.8 Å². The molecule has 3 atom stereocenters. The number of carbonyl (C=O) groups is 1. The first-order valence-electron chi connectivity index (χ1n) is 7.33. The van der Waals surface area contributed by atoms with Crippen LogP contribution in [-0.4, -0.2) is 41.0 Å². The van der Waals surface area contributed by atoms with Gasteiger partial charge in [-0.05, 0) is 44.2 Å². The summed E-state index contributed by atoms with van der Waals surface area (Å²) in [4.78, 5) is 11.9. The number of para-hydroxylation sites is 1. The van der Waals surface area contributed by atoms with Crippen molar-refractivity contribution in [3.8, 4) is 5.75 Å². The molecular weight excluding hydrogens is 270 g/mol. The van der Waals surface area contributed by atoms with Crippen LogP contribution in [0.25, 0.3) is 0 Å². The van der Waals surface area contributed by atoms with Crippen LogP contribution >= 0.6 is 0 Å². The van der Waals surface area contributed by atoms with E-state index < -0.39 is 18.2 Å². The Morgan fingerprint density at radius 1 is 1.29 bits per heavy atom. The fourth-order valence-electron chi connectivity index (χ4n) is 2.73. The van der Waals surface area contributed by atoms with Gasteiger partial charge < -0.3 is 20.3 Å². The normalized spacial score (nSPS) is 25.4. The maximum Gasteiger partial charge on any atom is 0.258 e. The van der Waals surface area contributed by atoms with Gasteiger partial charge in [-0.15, -0.1) is 0 Å². The molecule has 1 amide bonds. The first-order chi connectivity index (χ1) is 9.99. The predicted molar refractivity (Wildman–Crippen MR) is 79.2 cm³/mol. The first kappa shape index (κ1) is 15.8. The number of hydrogen-bond acceptors (Lipinski definition) is 4. The molecule has 1 fully saturated rings. The lowest BCUT2D eigenvalue weighted by molar-refractivity contribution is -0.126. The zero-order valence-electron chi connectivity index (χ0n) is 12.5. The average Bonchev–Trinajstić information content (AvgIpc) is 2.43. The second-order valence-corrected chi connectivity index (χ2v) is 5.67. The Morgan fingerprint density at radius 2 is 1.95 bits per heavy atom. The summed E-state index contributed by atoms with van der Waals surface area (Å²) < 4.78 is 5.58. The molecule has 0 saturated heterocycles. The zero-order valence-corrected chi connectivity index (χ0v) is 12.5. The number of nitrogens with one attached hydrogen (secondary N) is 1. The molecule has 3 N–H and O–H groups in total. The van der Waals surface area contributed by atoms with E-state index >= 15 is 0 Å². The number of hydrogen-bond donors (Lipinski definition) is 3. The van der Waals surface area contributed by atoms with Crippen molar-refractivity contribution in [1.82, 2.24) is 5.32 Å². The van der Waals surface area contributed by atoms with Crippen LogP contribution in [0.1, 0.15) is 30.4 Å². The minimum absolute atomic E-state index is 0.0923. The minimum Gasteiger partial charge on any atom is -0.483 e. The van der Waals surface area contributed by atoms with Gasteiger partial charge in [0, 0.05) is 0 Å². The minimum atomic E-state index is -0.900. The smallest absolute Gasteiger partial charge is 0.258 e. The van der Waals surface area contributed by atoms with Gasteiger partial charge in [0.2, 0.25) is 0 Å². The van der Waals surface area contributed by atoms with Crippen LogP contribution < -0.4 is 10.1 Å².